The van der Waals surface area contributed by atoms with Crippen LogP contribution in [0.2, 0.25) is 0 Å². The second-order valence-electron chi connectivity index (χ2n) is 9.46. The predicted molar refractivity (Wildman–Crippen MR) is 72.9 cm³/mol. The summed E-state index contributed by atoms with van der Waals surface area (Å²) in [6.07, 6.45) is 9.16. The molecule has 0 heterocycles. The molecule has 1 nitrogen and oxygen atoms in total. The lowest BCUT2D eigenvalue weighted by Gasteiger charge is -2.78. The molecule has 0 spiro atoms. The molecule has 0 aromatic rings. The first-order valence-electron chi connectivity index (χ1n) is 8.19. The Morgan fingerprint density at radius 3 is 1.94 bits per heavy atom. The van der Waals surface area contributed by atoms with Crippen LogP contribution in [0.4, 0.5) is 0 Å². The predicted octanol–water partition coefficient (Wildman–Crippen LogP) is 3.43. The molecule has 0 aromatic heterocycles. The lowest BCUT2D eigenvalue weighted by molar-refractivity contribution is -0.292. The molecule has 4 atom stereocenters. The van der Waals surface area contributed by atoms with Gasteiger partial charge in [-0.3, -0.25) is 0 Å². The van der Waals surface area contributed by atoms with Gasteiger partial charge in [0.2, 0.25) is 0 Å². The molecule has 8 bridgehead atoms. The molecule has 100 valence electrons. The first-order chi connectivity index (χ1) is 8.49. The van der Waals surface area contributed by atoms with Crippen molar-refractivity contribution < 1.29 is 0 Å². The van der Waals surface area contributed by atoms with Gasteiger partial charge in [0.25, 0.3) is 0 Å². The van der Waals surface area contributed by atoms with Crippen molar-refractivity contribution in [3.8, 4) is 0 Å². The fraction of sp³-hybridized carbons (Fsp3) is 1.00. The van der Waals surface area contributed by atoms with Crippen molar-refractivity contribution in [2.75, 3.05) is 6.54 Å². The van der Waals surface area contributed by atoms with E-state index in [1.807, 2.05) is 0 Å². The van der Waals surface area contributed by atoms with Gasteiger partial charge in [-0.15, -0.1) is 0 Å². The zero-order valence-electron chi connectivity index (χ0n) is 11.9. The summed E-state index contributed by atoms with van der Waals surface area (Å²) >= 11 is 0. The Kier molecular flexibility index (Phi) is 1.61. The molecular weight excluding hydrogens is 218 g/mol. The number of hydrogen-bond donors (Lipinski definition) is 1. The SMILES string of the molecule is CC12CC3C4CC5(C)CC3C(C1)C(CN)(C5)C4C2. The van der Waals surface area contributed by atoms with Crippen molar-refractivity contribution >= 4 is 0 Å². The number of hydrogen-bond acceptors (Lipinski definition) is 1. The maximum Gasteiger partial charge on any atom is -0.00148 e. The van der Waals surface area contributed by atoms with Crippen molar-refractivity contribution in [3.63, 3.8) is 0 Å². The highest BCUT2D eigenvalue weighted by Gasteiger charge is 2.73. The Labute approximate surface area is 111 Å². The van der Waals surface area contributed by atoms with Gasteiger partial charge in [-0.25, -0.2) is 0 Å². The molecule has 7 rings (SSSR count). The van der Waals surface area contributed by atoms with E-state index in [2.05, 4.69) is 13.8 Å². The largest absolute Gasteiger partial charge is 0.330 e. The van der Waals surface area contributed by atoms with Crippen LogP contribution in [0.1, 0.15) is 52.4 Å². The fourth-order valence-corrected chi connectivity index (χ4v) is 8.32. The van der Waals surface area contributed by atoms with Crippen LogP contribution in [0.3, 0.4) is 0 Å². The van der Waals surface area contributed by atoms with Gasteiger partial charge in [0.1, 0.15) is 0 Å². The minimum Gasteiger partial charge on any atom is -0.330 e. The molecule has 7 saturated carbocycles. The zero-order valence-corrected chi connectivity index (χ0v) is 11.9. The van der Waals surface area contributed by atoms with E-state index >= 15 is 0 Å². The van der Waals surface area contributed by atoms with Gasteiger partial charge in [-0.2, -0.15) is 0 Å². The Balaban J connectivity index is 1.71. The van der Waals surface area contributed by atoms with Crippen LogP contribution in [0.25, 0.3) is 0 Å². The maximum absolute atomic E-state index is 6.38. The summed E-state index contributed by atoms with van der Waals surface area (Å²) < 4.78 is 0. The van der Waals surface area contributed by atoms with Crippen molar-refractivity contribution in [1.29, 1.82) is 0 Å². The van der Waals surface area contributed by atoms with E-state index < -0.39 is 0 Å². The third-order valence-corrected chi connectivity index (χ3v) is 8.36. The highest BCUT2D eigenvalue weighted by molar-refractivity contribution is 5.22. The summed E-state index contributed by atoms with van der Waals surface area (Å²) in [6.45, 7) is 6.17. The zero-order chi connectivity index (χ0) is 12.3. The minimum atomic E-state index is 0.580. The summed E-state index contributed by atoms with van der Waals surface area (Å²) in [4.78, 5) is 0. The van der Waals surface area contributed by atoms with E-state index in [4.69, 9.17) is 5.73 Å². The average Bonchev–Trinajstić information content (AvgIpc) is 2.33. The van der Waals surface area contributed by atoms with E-state index in [0.717, 1.165) is 36.1 Å². The van der Waals surface area contributed by atoms with Crippen LogP contribution >= 0.6 is 0 Å². The fourth-order valence-electron chi connectivity index (χ4n) is 8.32. The first kappa shape index (κ1) is 10.7. The van der Waals surface area contributed by atoms with Gasteiger partial charge in [0.05, 0.1) is 0 Å². The molecule has 0 aliphatic heterocycles. The van der Waals surface area contributed by atoms with E-state index in [-0.39, 0.29) is 0 Å². The Morgan fingerprint density at radius 1 is 0.833 bits per heavy atom. The van der Waals surface area contributed by atoms with Gasteiger partial charge < -0.3 is 5.73 Å². The monoisotopic (exact) mass is 245 g/mol. The van der Waals surface area contributed by atoms with Crippen molar-refractivity contribution in [2.24, 2.45) is 51.6 Å². The van der Waals surface area contributed by atoms with Gasteiger partial charge in [-0.05, 0) is 90.9 Å². The third-order valence-electron chi connectivity index (χ3n) is 8.36. The molecule has 0 saturated heterocycles. The maximum atomic E-state index is 6.38. The molecule has 4 unspecified atom stereocenters. The van der Waals surface area contributed by atoms with E-state index in [0.29, 0.717) is 16.2 Å². The molecule has 0 aromatic carbocycles. The molecule has 2 N–H and O–H groups in total. The number of nitrogens with two attached hydrogens (primary N) is 1. The second-order valence-corrected chi connectivity index (χ2v) is 9.46. The Hall–Kier alpha value is -0.0400. The molecular formula is C17H27N. The normalized spacial score (nSPS) is 71.2. The van der Waals surface area contributed by atoms with Crippen LogP contribution in [0.5, 0.6) is 0 Å². The van der Waals surface area contributed by atoms with E-state index in [9.17, 15) is 0 Å². The third kappa shape index (κ3) is 0.930. The quantitative estimate of drug-likeness (QED) is 0.752. The van der Waals surface area contributed by atoms with Crippen LogP contribution in [-0.2, 0) is 0 Å². The molecule has 0 amide bonds. The summed E-state index contributed by atoms with van der Waals surface area (Å²) in [7, 11) is 0. The van der Waals surface area contributed by atoms with E-state index in [1.165, 1.54) is 19.3 Å². The lowest BCUT2D eigenvalue weighted by Crippen LogP contribution is -2.73. The van der Waals surface area contributed by atoms with Crippen molar-refractivity contribution in [3.05, 3.63) is 0 Å². The lowest BCUT2D eigenvalue weighted by atomic mass is 9.26. The molecule has 0 radical (unpaired) electrons. The molecule has 18 heavy (non-hydrogen) atoms. The summed E-state index contributed by atoms with van der Waals surface area (Å²) in [5.74, 6) is 5.25. The topological polar surface area (TPSA) is 26.0 Å². The first-order valence-corrected chi connectivity index (χ1v) is 8.19. The molecule has 7 fully saturated rings. The van der Waals surface area contributed by atoms with E-state index in [1.54, 1.807) is 19.3 Å². The molecule has 7 aliphatic rings. The number of rotatable bonds is 1. The van der Waals surface area contributed by atoms with Crippen LogP contribution in [0.15, 0.2) is 0 Å². The second kappa shape index (κ2) is 2.71. The molecule has 7 aliphatic carbocycles. The smallest absolute Gasteiger partial charge is 0.00148 e. The van der Waals surface area contributed by atoms with Gasteiger partial charge in [0.15, 0.2) is 0 Å². The summed E-state index contributed by atoms with van der Waals surface area (Å²) in [5, 5.41) is 0. The van der Waals surface area contributed by atoms with Gasteiger partial charge >= 0.3 is 0 Å². The summed E-state index contributed by atoms with van der Waals surface area (Å²) in [6, 6.07) is 0. The highest BCUT2D eigenvalue weighted by atomic mass is 14.8. The average molecular weight is 245 g/mol. The Morgan fingerprint density at radius 2 is 1.39 bits per heavy atom. The van der Waals surface area contributed by atoms with Gasteiger partial charge in [0, 0.05) is 0 Å². The Bertz CT molecular complexity index is 401. The van der Waals surface area contributed by atoms with Crippen molar-refractivity contribution in [2.45, 2.75) is 52.4 Å². The van der Waals surface area contributed by atoms with Crippen molar-refractivity contribution in [1.82, 2.24) is 0 Å². The van der Waals surface area contributed by atoms with Crippen LogP contribution < -0.4 is 5.73 Å². The highest BCUT2D eigenvalue weighted by Crippen LogP contribution is 2.80. The standard InChI is InChI=1S/C17H27N/c1-15-3-10-11-4-16(2)5-12(10)14(7-15)17(8-16,9-18)13(11)6-15/h10-14H,3-9,18H2,1-2H3. The minimum absolute atomic E-state index is 0.580. The summed E-state index contributed by atoms with van der Waals surface area (Å²) in [5.41, 5.74) is 8.34. The van der Waals surface area contributed by atoms with Crippen LogP contribution in [0, 0.1) is 45.8 Å². The van der Waals surface area contributed by atoms with Gasteiger partial charge in [-0.1, -0.05) is 13.8 Å². The van der Waals surface area contributed by atoms with Crippen LogP contribution in [-0.4, -0.2) is 6.54 Å². The molecule has 1 heteroatoms.